The summed E-state index contributed by atoms with van der Waals surface area (Å²) in [7, 11) is 0. The lowest BCUT2D eigenvalue weighted by Gasteiger charge is -2.40. The molecule has 118 valence electrons. The Bertz CT molecular complexity index is 311. The van der Waals surface area contributed by atoms with Gasteiger partial charge < -0.3 is 14.6 Å². The summed E-state index contributed by atoms with van der Waals surface area (Å²) >= 11 is 0. The number of fused-ring (bicyclic) bond motifs is 4. The Kier molecular flexibility index (Phi) is 5.42. The number of hydrogen-bond donors (Lipinski definition) is 1. The molecule has 3 rings (SSSR count). The van der Waals surface area contributed by atoms with Gasteiger partial charge in [0.1, 0.15) is 6.10 Å². The standard InChI is InChI=1S/C15H28O5/c1-5-7-10(3)11-8-9-15(4)18-14(13(11)19-20-15)17-12(16)6-2/h10-14,16H,5-9H2,1-4H3. The average molecular weight is 288 g/mol. The molecule has 0 aromatic rings. The van der Waals surface area contributed by atoms with Crippen LogP contribution in [0.4, 0.5) is 0 Å². The monoisotopic (exact) mass is 288 g/mol. The molecule has 3 aliphatic rings. The maximum Gasteiger partial charge on any atom is 0.201 e. The molecule has 0 radical (unpaired) electrons. The van der Waals surface area contributed by atoms with Crippen molar-refractivity contribution in [2.45, 2.75) is 84.3 Å². The maximum absolute atomic E-state index is 9.74. The number of hydrogen-bond acceptors (Lipinski definition) is 5. The van der Waals surface area contributed by atoms with Gasteiger partial charge >= 0.3 is 0 Å². The fraction of sp³-hybridized carbons (Fsp3) is 1.00. The van der Waals surface area contributed by atoms with Crippen molar-refractivity contribution in [2.24, 2.45) is 11.8 Å². The highest BCUT2D eigenvalue weighted by Crippen LogP contribution is 2.43. The predicted molar refractivity (Wildman–Crippen MR) is 73.4 cm³/mol. The molecule has 3 heterocycles. The molecule has 5 heteroatoms. The van der Waals surface area contributed by atoms with Gasteiger partial charge in [-0.05, 0) is 31.6 Å². The van der Waals surface area contributed by atoms with Crippen LogP contribution >= 0.6 is 0 Å². The van der Waals surface area contributed by atoms with Crippen molar-refractivity contribution in [3.05, 3.63) is 0 Å². The summed E-state index contributed by atoms with van der Waals surface area (Å²) < 4.78 is 11.5. The first-order valence-corrected chi connectivity index (χ1v) is 7.85. The van der Waals surface area contributed by atoms with E-state index in [4.69, 9.17) is 19.2 Å². The highest BCUT2D eigenvalue weighted by molar-refractivity contribution is 4.86. The number of rotatable bonds is 6. The van der Waals surface area contributed by atoms with E-state index in [9.17, 15) is 5.11 Å². The summed E-state index contributed by atoms with van der Waals surface area (Å²) in [6.07, 6.45) is 2.93. The zero-order valence-electron chi connectivity index (χ0n) is 13.0. The molecular weight excluding hydrogens is 260 g/mol. The molecule has 0 amide bonds. The zero-order chi connectivity index (χ0) is 14.8. The Morgan fingerprint density at radius 3 is 2.80 bits per heavy atom. The van der Waals surface area contributed by atoms with Crippen LogP contribution in [-0.2, 0) is 19.2 Å². The second kappa shape index (κ2) is 6.71. The van der Waals surface area contributed by atoms with Gasteiger partial charge in [-0.3, -0.25) is 0 Å². The van der Waals surface area contributed by atoms with E-state index in [-0.39, 0.29) is 6.10 Å². The summed E-state index contributed by atoms with van der Waals surface area (Å²) in [5.74, 6) is 0.0748. The first kappa shape index (κ1) is 16.2. The van der Waals surface area contributed by atoms with Crippen LogP contribution in [0.15, 0.2) is 0 Å². The molecule has 3 aliphatic heterocycles. The number of ether oxygens (including phenoxy) is 2. The molecule has 0 saturated carbocycles. The molecule has 20 heavy (non-hydrogen) atoms. The molecule has 6 atom stereocenters. The minimum atomic E-state index is -0.825. The second-order valence-electron chi connectivity index (χ2n) is 6.23. The van der Waals surface area contributed by atoms with Crippen molar-refractivity contribution in [3.63, 3.8) is 0 Å². The lowest BCUT2D eigenvalue weighted by Crippen LogP contribution is -2.51. The highest BCUT2D eigenvalue weighted by Gasteiger charge is 2.50. The van der Waals surface area contributed by atoms with Gasteiger partial charge in [0.2, 0.25) is 5.79 Å². The van der Waals surface area contributed by atoms with Crippen molar-refractivity contribution < 1.29 is 24.4 Å². The molecule has 6 unspecified atom stereocenters. The van der Waals surface area contributed by atoms with E-state index in [1.807, 2.05) is 13.8 Å². The van der Waals surface area contributed by atoms with Crippen LogP contribution in [0.2, 0.25) is 0 Å². The third kappa shape index (κ3) is 3.52. The molecule has 0 spiro atoms. The summed E-state index contributed by atoms with van der Waals surface area (Å²) in [5, 5.41) is 9.74. The van der Waals surface area contributed by atoms with E-state index < -0.39 is 18.4 Å². The van der Waals surface area contributed by atoms with Gasteiger partial charge in [0.15, 0.2) is 12.6 Å². The van der Waals surface area contributed by atoms with Crippen molar-refractivity contribution in [3.8, 4) is 0 Å². The molecule has 2 bridgehead atoms. The fourth-order valence-electron chi connectivity index (χ4n) is 3.14. The molecule has 0 aromatic heterocycles. The van der Waals surface area contributed by atoms with E-state index in [2.05, 4.69) is 13.8 Å². The zero-order valence-corrected chi connectivity index (χ0v) is 13.0. The van der Waals surface area contributed by atoms with Crippen LogP contribution < -0.4 is 0 Å². The quantitative estimate of drug-likeness (QED) is 0.601. The molecule has 1 N–H and O–H groups in total. The smallest absolute Gasteiger partial charge is 0.201 e. The summed E-state index contributed by atoms with van der Waals surface area (Å²) in [6.45, 7) is 8.17. The topological polar surface area (TPSA) is 57.2 Å². The Morgan fingerprint density at radius 1 is 1.40 bits per heavy atom. The van der Waals surface area contributed by atoms with Crippen molar-refractivity contribution in [2.75, 3.05) is 0 Å². The fourth-order valence-corrected chi connectivity index (χ4v) is 3.14. The average Bonchev–Trinajstić information content (AvgIpc) is 2.65. The first-order chi connectivity index (χ1) is 9.49. The van der Waals surface area contributed by atoms with Crippen LogP contribution in [0.3, 0.4) is 0 Å². The molecule has 0 aromatic carbocycles. The summed E-state index contributed by atoms with van der Waals surface area (Å²) in [4.78, 5) is 11.0. The Morgan fingerprint density at radius 2 is 2.15 bits per heavy atom. The second-order valence-corrected chi connectivity index (χ2v) is 6.23. The van der Waals surface area contributed by atoms with E-state index in [1.165, 1.54) is 0 Å². The molecule has 0 aliphatic carbocycles. The number of aliphatic hydroxyl groups is 1. The van der Waals surface area contributed by atoms with Crippen LogP contribution in [0, 0.1) is 11.8 Å². The van der Waals surface area contributed by atoms with Gasteiger partial charge in [0.05, 0.1) is 0 Å². The number of aliphatic hydroxyl groups excluding tert-OH is 1. The Labute approximate surface area is 121 Å². The predicted octanol–water partition coefficient (Wildman–Crippen LogP) is 2.97. The molecular formula is C15H28O5. The molecule has 3 saturated heterocycles. The van der Waals surface area contributed by atoms with Gasteiger partial charge in [-0.1, -0.05) is 33.6 Å². The maximum atomic E-state index is 9.74. The van der Waals surface area contributed by atoms with Crippen LogP contribution in [0.1, 0.15) is 59.8 Å². The molecule has 5 nitrogen and oxygen atoms in total. The summed E-state index contributed by atoms with van der Waals surface area (Å²) in [6, 6.07) is 0. The lowest BCUT2D eigenvalue weighted by atomic mass is 9.82. The molecule has 3 fully saturated rings. The minimum absolute atomic E-state index is 0.270. The van der Waals surface area contributed by atoms with Crippen LogP contribution in [0.5, 0.6) is 0 Å². The Hall–Kier alpha value is -0.200. The normalized spacial score (nSPS) is 40.4. The van der Waals surface area contributed by atoms with E-state index in [1.54, 1.807) is 0 Å². The van der Waals surface area contributed by atoms with Gasteiger partial charge in [0.25, 0.3) is 0 Å². The summed E-state index contributed by atoms with van der Waals surface area (Å²) in [5.41, 5.74) is 0. The van der Waals surface area contributed by atoms with Gasteiger partial charge in [-0.15, -0.1) is 0 Å². The highest BCUT2D eigenvalue weighted by atomic mass is 17.3. The van der Waals surface area contributed by atoms with E-state index in [0.29, 0.717) is 18.3 Å². The van der Waals surface area contributed by atoms with E-state index >= 15 is 0 Å². The van der Waals surface area contributed by atoms with Crippen molar-refractivity contribution in [1.82, 2.24) is 0 Å². The van der Waals surface area contributed by atoms with E-state index in [0.717, 1.165) is 25.7 Å². The van der Waals surface area contributed by atoms with Gasteiger partial charge in [-0.25, -0.2) is 9.78 Å². The minimum Gasteiger partial charge on any atom is -0.368 e. The third-order valence-electron chi connectivity index (χ3n) is 4.44. The Balaban J connectivity index is 2.12. The van der Waals surface area contributed by atoms with Crippen molar-refractivity contribution in [1.29, 1.82) is 0 Å². The van der Waals surface area contributed by atoms with Crippen LogP contribution in [-0.4, -0.2) is 29.6 Å². The van der Waals surface area contributed by atoms with Gasteiger partial charge in [-0.2, -0.15) is 0 Å². The third-order valence-corrected chi connectivity index (χ3v) is 4.44. The van der Waals surface area contributed by atoms with Gasteiger partial charge in [0, 0.05) is 6.42 Å². The van der Waals surface area contributed by atoms with Crippen molar-refractivity contribution >= 4 is 0 Å². The lowest BCUT2D eigenvalue weighted by molar-refractivity contribution is -0.525. The SMILES string of the molecule is CCCC(C)C1CCC2(C)OOC1C(OC(O)CC)O2. The largest absolute Gasteiger partial charge is 0.368 e. The first-order valence-electron chi connectivity index (χ1n) is 7.85. The van der Waals surface area contributed by atoms with Crippen LogP contribution in [0.25, 0.3) is 0 Å².